The van der Waals surface area contributed by atoms with Gasteiger partial charge in [0.15, 0.2) is 6.10 Å². The summed E-state index contributed by atoms with van der Waals surface area (Å²) in [6.07, 6.45) is -1.69. The van der Waals surface area contributed by atoms with Crippen LogP contribution in [-0.2, 0) is 10.2 Å². The van der Waals surface area contributed by atoms with E-state index in [-0.39, 0.29) is 0 Å². The summed E-state index contributed by atoms with van der Waals surface area (Å²) in [5.74, 6) is -0.880. The van der Waals surface area contributed by atoms with Gasteiger partial charge in [-0.3, -0.25) is 4.79 Å². The summed E-state index contributed by atoms with van der Waals surface area (Å²) in [6, 6.07) is 7.98. The highest BCUT2D eigenvalue weighted by Crippen LogP contribution is 2.48. The van der Waals surface area contributed by atoms with Gasteiger partial charge in [-0.1, -0.05) is 24.3 Å². The summed E-state index contributed by atoms with van der Waals surface area (Å²) in [7, 11) is 0. The van der Waals surface area contributed by atoms with Gasteiger partial charge in [0.2, 0.25) is 0 Å². The molecule has 2 rings (SSSR count). The summed E-state index contributed by atoms with van der Waals surface area (Å²) in [4.78, 5) is 11.2. The number of benzene rings is 1. The second-order valence-electron chi connectivity index (χ2n) is 4.53. The topological polar surface area (TPSA) is 102 Å². The van der Waals surface area contributed by atoms with E-state index in [0.29, 0.717) is 24.0 Å². The summed E-state index contributed by atoms with van der Waals surface area (Å²) >= 11 is 0. The largest absolute Gasteiger partial charge is 0.481 e. The van der Waals surface area contributed by atoms with E-state index in [2.05, 4.69) is 0 Å². The lowest BCUT2D eigenvalue weighted by Gasteiger charge is -2.15. The molecule has 1 aromatic rings. The Morgan fingerprint density at radius 2 is 2.06 bits per heavy atom. The van der Waals surface area contributed by atoms with Crippen molar-refractivity contribution >= 4 is 5.97 Å². The number of aliphatic hydroxyl groups excluding tert-OH is 2. The van der Waals surface area contributed by atoms with E-state index < -0.39 is 23.6 Å². The van der Waals surface area contributed by atoms with E-state index in [0.717, 1.165) is 0 Å². The van der Waals surface area contributed by atoms with Crippen molar-refractivity contribution in [2.24, 2.45) is 0 Å². The Labute approximate surface area is 104 Å². The Morgan fingerprint density at radius 3 is 2.56 bits per heavy atom. The number of nitriles is 1. The molecule has 0 heterocycles. The first-order valence-corrected chi connectivity index (χ1v) is 5.61. The minimum Gasteiger partial charge on any atom is -0.481 e. The number of hydrogen-bond donors (Lipinski definition) is 3. The normalized spacial score (nSPS) is 19.6. The van der Waals surface area contributed by atoms with Gasteiger partial charge in [-0.15, -0.1) is 0 Å². The first-order valence-electron chi connectivity index (χ1n) is 5.61. The second kappa shape index (κ2) is 4.41. The fraction of sp³-hybridized carbons (Fsp3) is 0.385. The van der Waals surface area contributed by atoms with Crippen LogP contribution in [0.3, 0.4) is 0 Å². The molecule has 1 aliphatic rings. The van der Waals surface area contributed by atoms with E-state index in [4.69, 9.17) is 5.26 Å². The van der Waals surface area contributed by atoms with Crippen molar-refractivity contribution in [1.82, 2.24) is 0 Å². The van der Waals surface area contributed by atoms with Gasteiger partial charge >= 0.3 is 5.97 Å². The third-order valence-electron chi connectivity index (χ3n) is 3.37. The molecule has 0 radical (unpaired) electrons. The van der Waals surface area contributed by atoms with Crippen molar-refractivity contribution < 1.29 is 20.1 Å². The molecule has 0 bridgehead atoms. The Balaban J connectivity index is 2.32. The molecule has 0 aliphatic heterocycles. The average molecular weight is 247 g/mol. The molecule has 5 nitrogen and oxygen atoms in total. The molecule has 2 atom stereocenters. The molecule has 94 valence electrons. The zero-order chi connectivity index (χ0) is 13.3. The zero-order valence-corrected chi connectivity index (χ0v) is 9.58. The molecule has 1 saturated carbocycles. The number of carbonyl (C=O) groups is 1. The third-order valence-corrected chi connectivity index (χ3v) is 3.37. The maximum absolute atomic E-state index is 11.2. The minimum absolute atomic E-state index is 0.356. The molecule has 3 N–H and O–H groups in total. The van der Waals surface area contributed by atoms with Crippen LogP contribution in [-0.4, -0.2) is 27.4 Å². The molecule has 0 amide bonds. The monoisotopic (exact) mass is 247 g/mol. The maximum atomic E-state index is 11.2. The molecule has 0 aromatic heterocycles. The quantitative estimate of drug-likeness (QED) is 0.680. The van der Waals surface area contributed by atoms with Gasteiger partial charge in [0.1, 0.15) is 6.10 Å². The third kappa shape index (κ3) is 1.96. The summed E-state index contributed by atoms with van der Waals surface area (Å²) < 4.78 is 0. The summed E-state index contributed by atoms with van der Waals surface area (Å²) in [5, 5.41) is 36.7. The first kappa shape index (κ1) is 12.6. The lowest BCUT2D eigenvalue weighted by atomic mass is 9.92. The Bertz CT molecular complexity index is 516. The van der Waals surface area contributed by atoms with Crippen LogP contribution >= 0.6 is 0 Å². The van der Waals surface area contributed by atoms with Crippen LogP contribution in [0.5, 0.6) is 0 Å². The van der Waals surface area contributed by atoms with E-state index in [1.54, 1.807) is 30.3 Å². The van der Waals surface area contributed by atoms with Crippen LogP contribution in [0.4, 0.5) is 0 Å². The highest BCUT2D eigenvalue weighted by atomic mass is 16.4. The van der Waals surface area contributed by atoms with Crippen LogP contribution in [0.15, 0.2) is 24.3 Å². The molecule has 1 aromatic carbocycles. The second-order valence-corrected chi connectivity index (χ2v) is 4.53. The van der Waals surface area contributed by atoms with Gasteiger partial charge in [-0.05, 0) is 24.0 Å². The SMILES string of the molecule is N#CC(O)C(O)c1cccc(C2(C(=O)O)CC2)c1. The lowest BCUT2D eigenvalue weighted by Crippen LogP contribution is -2.21. The van der Waals surface area contributed by atoms with Crippen LogP contribution in [0, 0.1) is 11.3 Å². The number of hydrogen-bond acceptors (Lipinski definition) is 4. The number of carboxylic acids is 1. The van der Waals surface area contributed by atoms with Gasteiger partial charge in [0, 0.05) is 0 Å². The minimum atomic E-state index is -1.51. The molecule has 1 fully saturated rings. The number of aliphatic hydroxyl groups is 2. The Kier molecular flexibility index (Phi) is 3.07. The fourth-order valence-electron chi connectivity index (χ4n) is 2.02. The molecule has 18 heavy (non-hydrogen) atoms. The molecule has 0 spiro atoms. The smallest absolute Gasteiger partial charge is 0.314 e. The van der Waals surface area contributed by atoms with Crippen LogP contribution in [0.25, 0.3) is 0 Å². The van der Waals surface area contributed by atoms with Crippen molar-refractivity contribution in [2.75, 3.05) is 0 Å². The molecular weight excluding hydrogens is 234 g/mol. The highest BCUT2D eigenvalue weighted by molar-refractivity contribution is 5.84. The number of aliphatic carboxylic acids is 1. The van der Waals surface area contributed by atoms with Gasteiger partial charge in [-0.2, -0.15) is 5.26 Å². The molecule has 0 saturated heterocycles. The van der Waals surface area contributed by atoms with Crippen LogP contribution in [0.1, 0.15) is 30.1 Å². The highest BCUT2D eigenvalue weighted by Gasteiger charge is 2.51. The lowest BCUT2D eigenvalue weighted by molar-refractivity contribution is -0.140. The van der Waals surface area contributed by atoms with Crippen molar-refractivity contribution in [2.45, 2.75) is 30.5 Å². The molecular formula is C13H13NO4. The van der Waals surface area contributed by atoms with Gasteiger partial charge in [0.25, 0.3) is 0 Å². The molecule has 1 aliphatic carbocycles. The van der Waals surface area contributed by atoms with Gasteiger partial charge < -0.3 is 15.3 Å². The van der Waals surface area contributed by atoms with E-state index in [9.17, 15) is 20.1 Å². The van der Waals surface area contributed by atoms with E-state index in [1.807, 2.05) is 0 Å². The predicted octanol–water partition coefficient (Wildman–Crippen LogP) is 0.721. The molecule has 2 unspecified atom stereocenters. The van der Waals surface area contributed by atoms with E-state index >= 15 is 0 Å². The predicted molar refractivity (Wildman–Crippen MR) is 61.6 cm³/mol. The van der Waals surface area contributed by atoms with Crippen LogP contribution < -0.4 is 0 Å². The van der Waals surface area contributed by atoms with Crippen molar-refractivity contribution in [3.05, 3.63) is 35.4 Å². The van der Waals surface area contributed by atoms with Crippen molar-refractivity contribution in [3.63, 3.8) is 0 Å². The fourth-order valence-corrected chi connectivity index (χ4v) is 2.02. The Hall–Kier alpha value is -1.90. The van der Waals surface area contributed by atoms with E-state index in [1.165, 1.54) is 0 Å². The summed E-state index contributed by atoms with van der Waals surface area (Å²) in [5.41, 5.74) is 0.110. The number of rotatable bonds is 4. The standard InChI is InChI=1S/C13H13NO4/c14-7-10(15)11(16)8-2-1-3-9(6-8)13(4-5-13)12(17)18/h1-3,6,10-11,15-16H,4-5H2,(H,17,18). The first-order chi connectivity index (χ1) is 8.51. The average Bonchev–Trinajstić information content (AvgIpc) is 3.18. The Morgan fingerprint density at radius 1 is 1.39 bits per heavy atom. The number of nitrogens with zero attached hydrogens (tertiary/aromatic N) is 1. The van der Waals surface area contributed by atoms with Crippen molar-refractivity contribution in [3.8, 4) is 6.07 Å². The van der Waals surface area contributed by atoms with Crippen molar-refractivity contribution in [1.29, 1.82) is 5.26 Å². The van der Waals surface area contributed by atoms with Gasteiger partial charge in [-0.25, -0.2) is 0 Å². The number of carboxylic acid groups (broad SMARTS) is 1. The zero-order valence-electron chi connectivity index (χ0n) is 9.58. The summed E-state index contributed by atoms with van der Waals surface area (Å²) in [6.45, 7) is 0. The maximum Gasteiger partial charge on any atom is 0.314 e. The molecule has 5 heteroatoms. The van der Waals surface area contributed by atoms with Gasteiger partial charge in [0.05, 0.1) is 11.5 Å². The van der Waals surface area contributed by atoms with Crippen LogP contribution in [0.2, 0.25) is 0 Å².